The van der Waals surface area contributed by atoms with Crippen molar-refractivity contribution in [1.82, 2.24) is 4.31 Å². The fourth-order valence-electron chi connectivity index (χ4n) is 4.89. The molecule has 21 heavy (non-hydrogen) atoms. The normalized spacial score (nSPS) is 38.3. The van der Waals surface area contributed by atoms with Crippen LogP contribution in [-0.2, 0) is 10.0 Å². The summed E-state index contributed by atoms with van der Waals surface area (Å²) in [4.78, 5) is 0. The van der Waals surface area contributed by atoms with Crippen molar-refractivity contribution in [2.75, 3.05) is 19.3 Å². The highest BCUT2D eigenvalue weighted by atomic mass is 32.2. The molecule has 0 aromatic heterocycles. The van der Waals surface area contributed by atoms with Gasteiger partial charge in [0.25, 0.3) is 0 Å². The molecule has 3 unspecified atom stereocenters. The van der Waals surface area contributed by atoms with Crippen molar-refractivity contribution in [3.63, 3.8) is 0 Å². The third-order valence-electron chi connectivity index (χ3n) is 5.06. The van der Waals surface area contributed by atoms with E-state index in [1.807, 2.05) is 0 Å². The molecular weight excluding hydrogens is 286 g/mol. The van der Waals surface area contributed by atoms with Gasteiger partial charge in [0.2, 0.25) is 10.0 Å². The van der Waals surface area contributed by atoms with E-state index in [-0.39, 0.29) is 5.41 Å². The van der Waals surface area contributed by atoms with Crippen LogP contribution in [0, 0.1) is 17.3 Å². The van der Waals surface area contributed by atoms with Gasteiger partial charge in [0.15, 0.2) is 0 Å². The lowest BCUT2D eigenvalue weighted by molar-refractivity contribution is -0.0765. The molecule has 1 aliphatic heterocycles. The van der Waals surface area contributed by atoms with Gasteiger partial charge in [-0.2, -0.15) is 0 Å². The minimum atomic E-state index is -3.10. The number of sulfonamides is 1. The van der Waals surface area contributed by atoms with Gasteiger partial charge < -0.3 is 5.11 Å². The lowest BCUT2D eigenvalue weighted by Crippen LogP contribution is -2.46. The average Bonchev–Trinajstić information content (AvgIpc) is 2.23. The van der Waals surface area contributed by atoms with Gasteiger partial charge in [0.05, 0.1) is 11.9 Å². The molecule has 1 saturated heterocycles. The van der Waals surface area contributed by atoms with Gasteiger partial charge in [0.1, 0.15) is 0 Å². The monoisotopic (exact) mass is 317 g/mol. The van der Waals surface area contributed by atoms with Crippen LogP contribution in [0.25, 0.3) is 0 Å². The number of hydrogen-bond donors (Lipinski definition) is 1. The number of piperidine rings is 1. The Morgan fingerprint density at radius 3 is 2.52 bits per heavy atom. The molecule has 1 saturated carbocycles. The average molecular weight is 317 g/mol. The van der Waals surface area contributed by atoms with Gasteiger partial charge >= 0.3 is 0 Å². The molecule has 2 rings (SSSR count). The zero-order chi connectivity index (χ0) is 15.9. The Kier molecular flexibility index (Phi) is 4.77. The molecule has 0 aromatic carbocycles. The van der Waals surface area contributed by atoms with Crippen LogP contribution in [-0.4, -0.2) is 42.8 Å². The molecule has 0 aromatic rings. The number of nitrogens with zero attached hydrogens (tertiary/aromatic N) is 1. The van der Waals surface area contributed by atoms with Gasteiger partial charge in [-0.3, -0.25) is 0 Å². The first kappa shape index (κ1) is 17.2. The Balaban J connectivity index is 2.03. The van der Waals surface area contributed by atoms with E-state index in [2.05, 4.69) is 20.8 Å². The third kappa shape index (κ3) is 4.67. The highest BCUT2D eigenvalue weighted by molar-refractivity contribution is 7.88. The summed E-state index contributed by atoms with van der Waals surface area (Å²) < 4.78 is 25.0. The maximum Gasteiger partial charge on any atom is 0.211 e. The van der Waals surface area contributed by atoms with Crippen molar-refractivity contribution < 1.29 is 13.5 Å². The number of aliphatic hydroxyl groups is 1. The minimum absolute atomic E-state index is 0.178. The van der Waals surface area contributed by atoms with E-state index in [9.17, 15) is 13.5 Å². The molecule has 4 nitrogen and oxygen atoms in total. The quantitative estimate of drug-likeness (QED) is 0.870. The van der Waals surface area contributed by atoms with Crippen LogP contribution in [0.15, 0.2) is 0 Å². The molecule has 5 heteroatoms. The predicted octanol–water partition coefficient (Wildman–Crippen LogP) is 2.63. The van der Waals surface area contributed by atoms with Gasteiger partial charge in [-0.15, -0.1) is 0 Å². The van der Waals surface area contributed by atoms with Gasteiger partial charge in [0, 0.05) is 13.1 Å². The summed E-state index contributed by atoms with van der Waals surface area (Å²) in [7, 11) is -3.10. The van der Waals surface area contributed by atoms with Crippen molar-refractivity contribution in [2.45, 2.75) is 64.9 Å². The van der Waals surface area contributed by atoms with Crippen molar-refractivity contribution in [3.05, 3.63) is 0 Å². The number of hydrogen-bond acceptors (Lipinski definition) is 3. The van der Waals surface area contributed by atoms with E-state index in [0.717, 1.165) is 38.5 Å². The second kappa shape index (κ2) is 5.82. The van der Waals surface area contributed by atoms with Gasteiger partial charge in [-0.05, 0) is 55.8 Å². The summed E-state index contributed by atoms with van der Waals surface area (Å²) in [6.45, 7) is 7.90. The molecule has 0 bridgehead atoms. The van der Waals surface area contributed by atoms with Crippen LogP contribution >= 0.6 is 0 Å². The van der Waals surface area contributed by atoms with E-state index in [1.165, 1.54) is 6.26 Å². The molecular formula is C16H31NO3S. The molecule has 3 atom stereocenters. The Morgan fingerprint density at radius 2 is 1.95 bits per heavy atom. The van der Waals surface area contributed by atoms with Crippen molar-refractivity contribution in [2.24, 2.45) is 17.3 Å². The standard InChI is InChI=1S/C16H31NO3S/c1-13-8-15(2,3)12-16(18,9-13)10-14-6-5-7-17(11-14)21(4,19)20/h13-14,18H,5-12H2,1-4H3. The summed E-state index contributed by atoms with van der Waals surface area (Å²) in [6, 6.07) is 0. The van der Waals surface area contributed by atoms with E-state index in [1.54, 1.807) is 4.31 Å². The third-order valence-corrected chi connectivity index (χ3v) is 6.33. The highest BCUT2D eigenvalue weighted by Crippen LogP contribution is 2.46. The van der Waals surface area contributed by atoms with Crippen LogP contribution in [0.4, 0.5) is 0 Å². The van der Waals surface area contributed by atoms with Crippen LogP contribution < -0.4 is 0 Å². The lowest BCUT2D eigenvalue weighted by atomic mass is 9.63. The second-order valence-corrected chi connectivity index (χ2v) is 10.4. The minimum Gasteiger partial charge on any atom is -0.390 e. The first-order valence-electron chi connectivity index (χ1n) is 8.17. The van der Waals surface area contributed by atoms with Crippen molar-refractivity contribution in [1.29, 1.82) is 0 Å². The molecule has 2 fully saturated rings. The summed E-state index contributed by atoms with van der Waals surface area (Å²) in [5.74, 6) is 0.827. The first-order valence-corrected chi connectivity index (χ1v) is 10.0. The molecule has 0 radical (unpaired) electrons. The van der Waals surface area contributed by atoms with Crippen molar-refractivity contribution in [3.8, 4) is 0 Å². The Bertz CT molecular complexity index is 474. The predicted molar refractivity (Wildman–Crippen MR) is 85.5 cm³/mol. The maximum atomic E-state index is 11.7. The fourth-order valence-corrected chi connectivity index (χ4v) is 5.83. The summed E-state index contributed by atoms with van der Waals surface area (Å²) in [6.07, 6.45) is 6.82. The van der Waals surface area contributed by atoms with Crippen LogP contribution in [0.5, 0.6) is 0 Å². The van der Waals surface area contributed by atoms with E-state index < -0.39 is 15.6 Å². The summed E-state index contributed by atoms with van der Waals surface area (Å²) >= 11 is 0. The molecule has 0 amide bonds. The summed E-state index contributed by atoms with van der Waals surface area (Å²) in [5.41, 5.74) is -0.441. The van der Waals surface area contributed by atoms with Crippen LogP contribution in [0.1, 0.15) is 59.3 Å². The number of rotatable bonds is 3. The van der Waals surface area contributed by atoms with Gasteiger partial charge in [-0.25, -0.2) is 12.7 Å². The zero-order valence-electron chi connectivity index (χ0n) is 13.9. The Morgan fingerprint density at radius 1 is 1.29 bits per heavy atom. The van der Waals surface area contributed by atoms with Crippen LogP contribution in [0.2, 0.25) is 0 Å². The molecule has 124 valence electrons. The molecule has 2 aliphatic rings. The summed E-state index contributed by atoms with van der Waals surface area (Å²) in [5, 5.41) is 11.1. The smallest absolute Gasteiger partial charge is 0.211 e. The largest absolute Gasteiger partial charge is 0.390 e. The van der Waals surface area contributed by atoms with E-state index in [4.69, 9.17) is 0 Å². The Labute approximate surface area is 130 Å². The highest BCUT2D eigenvalue weighted by Gasteiger charge is 2.43. The second-order valence-electron chi connectivity index (χ2n) is 8.41. The van der Waals surface area contributed by atoms with E-state index in [0.29, 0.717) is 24.9 Å². The topological polar surface area (TPSA) is 57.6 Å². The molecule has 1 N–H and O–H groups in total. The first-order chi connectivity index (χ1) is 9.49. The molecule has 1 heterocycles. The van der Waals surface area contributed by atoms with Crippen molar-refractivity contribution >= 4 is 10.0 Å². The molecule has 0 spiro atoms. The molecule has 1 aliphatic carbocycles. The maximum absolute atomic E-state index is 11.7. The lowest BCUT2D eigenvalue weighted by Gasteiger charge is -2.47. The Hall–Kier alpha value is -0.130. The zero-order valence-corrected chi connectivity index (χ0v) is 14.7. The van der Waals surface area contributed by atoms with Gasteiger partial charge in [-0.1, -0.05) is 20.8 Å². The SMILES string of the molecule is CC1CC(C)(C)CC(O)(CC2CCCN(S(C)(=O)=O)C2)C1. The van der Waals surface area contributed by atoms with Crippen LogP contribution in [0.3, 0.4) is 0 Å². The van der Waals surface area contributed by atoms with E-state index >= 15 is 0 Å². The fraction of sp³-hybridized carbons (Fsp3) is 1.00.